The molecule has 0 saturated heterocycles. The van der Waals surface area contributed by atoms with Gasteiger partial charge in [0, 0.05) is 6.42 Å². The zero-order valence-corrected chi connectivity index (χ0v) is 19.5. The number of benzene rings is 3. The molecule has 4 rings (SSSR count). The lowest BCUT2D eigenvalue weighted by Crippen LogP contribution is -2.43. The van der Waals surface area contributed by atoms with Crippen LogP contribution < -0.4 is 0 Å². The fourth-order valence-corrected chi connectivity index (χ4v) is 4.07. The summed E-state index contributed by atoms with van der Waals surface area (Å²) in [5.74, 6) is -0.490. The van der Waals surface area contributed by atoms with Crippen molar-refractivity contribution in [1.29, 1.82) is 0 Å². The maximum absolute atomic E-state index is 13.3. The Kier molecular flexibility index (Phi) is 6.11. The van der Waals surface area contributed by atoms with Gasteiger partial charge in [-0.1, -0.05) is 48.5 Å². The first-order valence-electron chi connectivity index (χ1n) is 11.2. The largest absolute Gasteiger partial charge is 0.474 e. The Labute approximate surface area is 193 Å². The van der Waals surface area contributed by atoms with Crippen LogP contribution in [-0.4, -0.2) is 42.2 Å². The lowest BCUT2D eigenvalue weighted by atomic mass is 9.94. The molecule has 0 N–H and O–H groups in total. The van der Waals surface area contributed by atoms with Gasteiger partial charge in [-0.25, -0.2) is 9.79 Å². The lowest BCUT2D eigenvalue weighted by molar-refractivity contribution is -0.162. The summed E-state index contributed by atoms with van der Waals surface area (Å²) in [7, 11) is 0. The van der Waals surface area contributed by atoms with Crippen LogP contribution >= 0.6 is 0 Å². The average Bonchev–Trinajstić information content (AvgIpc) is 3.20. The Morgan fingerprint density at radius 3 is 2.21 bits per heavy atom. The minimum atomic E-state index is -1.31. The van der Waals surface area contributed by atoms with E-state index in [2.05, 4.69) is 6.07 Å². The fraction of sp³-hybridized carbons (Fsp3) is 0.370. The van der Waals surface area contributed by atoms with Crippen molar-refractivity contribution in [3.8, 4) is 0 Å². The van der Waals surface area contributed by atoms with Crippen LogP contribution in [0.2, 0.25) is 0 Å². The van der Waals surface area contributed by atoms with Crippen molar-refractivity contribution in [2.24, 2.45) is 4.99 Å². The van der Waals surface area contributed by atoms with Crippen molar-refractivity contribution in [3.63, 3.8) is 0 Å². The molecular formula is C27H29NO5. The van der Waals surface area contributed by atoms with E-state index in [0.717, 1.165) is 27.1 Å². The van der Waals surface area contributed by atoms with Crippen molar-refractivity contribution < 1.29 is 23.8 Å². The van der Waals surface area contributed by atoms with Gasteiger partial charge in [-0.2, -0.15) is 0 Å². The van der Waals surface area contributed by atoms with Gasteiger partial charge in [0.2, 0.25) is 5.90 Å². The number of hydrogen-bond donors (Lipinski definition) is 0. The van der Waals surface area contributed by atoms with Crippen LogP contribution in [0.4, 0.5) is 0 Å². The molecule has 6 heteroatoms. The van der Waals surface area contributed by atoms with Crippen LogP contribution in [0.3, 0.4) is 0 Å². The molecule has 0 aliphatic carbocycles. The van der Waals surface area contributed by atoms with E-state index in [1.165, 1.54) is 0 Å². The third-order valence-electron chi connectivity index (χ3n) is 5.58. The van der Waals surface area contributed by atoms with Crippen molar-refractivity contribution in [2.75, 3.05) is 13.2 Å². The monoisotopic (exact) mass is 447 g/mol. The van der Waals surface area contributed by atoms with E-state index in [4.69, 9.17) is 19.2 Å². The van der Waals surface area contributed by atoms with Crippen LogP contribution in [-0.2, 0) is 23.8 Å². The van der Waals surface area contributed by atoms with Crippen LogP contribution in [0.1, 0.15) is 46.1 Å². The maximum Gasteiger partial charge on any atom is 0.338 e. The summed E-state index contributed by atoms with van der Waals surface area (Å²) in [4.78, 5) is 30.2. The van der Waals surface area contributed by atoms with Gasteiger partial charge >= 0.3 is 11.9 Å². The van der Waals surface area contributed by atoms with Gasteiger partial charge in [-0.05, 0) is 61.7 Å². The predicted octanol–water partition coefficient (Wildman–Crippen LogP) is 5.19. The highest BCUT2D eigenvalue weighted by Crippen LogP contribution is 2.35. The highest BCUT2D eigenvalue weighted by molar-refractivity contribution is 6.19. The fourth-order valence-electron chi connectivity index (χ4n) is 4.07. The molecule has 0 spiro atoms. The van der Waals surface area contributed by atoms with Gasteiger partial charge in [-0.15, -0.1) is 0 Å². The molecule has 172 valence electrons. The predicted molar refractivity (Wildman–Crippen MR) is 128 cm³/mol. The molecule has 0 unspecified atom stereocenters. The highest BCUT2D eigenvalue weighted by Gasteiger charge is 2.47. The maximum atomic E-state index is 13.3. The van der Waals surface area contributed by atoms with E-state index in [0.29, 0.717) is 5.90 Å². The smallest absolute Gasteiger partial charge is 0.338 e. The topological polar surface area (TPSA) is 74.2 Å². The van der Waals surface area contributed by atoms with Crippen LogP contribution in [0.15, 0.2) is 59.6 Å². The van der Waals surface area contributed by atoms with Gasteiger partial charge in [0.15, 0.2) is 5.54 Å². The van der Waals surface area contributed by atoms with E-state index in [1.54, 1.807) is 6.92 Å². The number of carbonyl (C=O) groups excluding carboxylic acids is 2. The molecule has 6 nitrogen and oxygen atoms in total. The number of aliphatic imine (C=N–C) groups is 1. The van der Waals surface area contributed by atoms with Gasteiger partial charge in [-0.3, -0.25) is 4.79 Å². The first kappa shape index (κ1) is 22.8. The third-order valence-corrected chi connectivity index (χ3v) is 5.58. The number of esters is 2. The molecule has 1 heterocycles. The number of carbonyl (C=O) groups is 2. The Hall–Kier alpha value is -3.41. The van der Waals surface area contributed by atoms with E-state index >= 15 is 0 Å². The molecule has 33 heavy (non-hydrogen) atoms. The molecular weight excluding hydrogens is 418 g/mol. The Balaban J connectivity index is 1.83. The Morgan fingerprint density at radius 2 is 1.64 bits per heavy atom. The average molecular weight is 448 g/mol. The van der Waals surface area contributed by atoms with Crippen molar-refractivity contribution >= 4 is 39.4 Å². The molecule has 3 aromatic rings. The summed E-state index contributed by atoms with van der Waals surface area (Å²) in [5, 5.41) is 4.08. The molecule has 3 aromatic carbocycles. The van der Waals surface area contributed by atoms with Crippen molar-refractivity contribution in [2.45, 2.75) is 51.7 Å². The van der Waals surface area contributed by atoms with Gasteiger partial charge in [0.1, 0.15) is 12.2 Å². The van der Waals surface area contributed by atoms with Crippen LogP contribution in [0.25, 0.3) is 21.5 Å². The SMILES string of the molecule is CCOC(=O)CC[C@@]1(C(=O)OC(C)(C)C)COC(c2c3ccccc3cc3ccccc23)=N1. The summed E-state index contributed by atoms with van der Waals surface area (Å²) < 4.78 is 16.9. The summed E-state index contributed by atoms with van der Waals surface area (Å²) in [6, 6.07) is 18.2. The second kappa shape index (κ2) is 8.85. The molecule has 0 aromatic heterocycles. The van der Waals surface area contributed by atoms with Gasteiger partial charge in [0.05, 0.1) is 12.2 Å². The lowest BCUT2D eigenvalue weighted by Gasteiger charge is -2.27. The summed E-state index contributed by atoms with van der Waals surface area (Å²) in [6.45, 7) is 7.47. The molecule has 1 atom stereocenters. The Morgan fingerprint density at radius 1 is 1.03 bits per heavy atom. The third kappa shape index (κ3) is 4.70. The Bertz CT molecular complexity index is 1190. The van der Waals surface area contributed by atoms with Crippen molar-refractivity contribution in [3.05, 3.63) is 60.2 Å². The van der Waals surface area contributed by atoms with Gasteiger partial charge in [0.25, 0.3) is 0 Å². The van der Waals surface area contributed by atoms with E-state index < -0.39 is 17.1 Å². The quantitative estimate of drug-likeness (QED) is 0.384. The molecule has 1 aliphatic heterocycles. The summed E-state index contributed by atoms with van der Waals surface area (Å²) in [5.41, 5.74) is -1.17. The normalized spacial score (nSPS) is 18.1. The second-order valence-corrected chi connectivity index (χ2v) is 9.24. The minimum absolute atomic E-state index is 0.00813. The van der Waals surface area contributed by atoms with Crippen molar-refractivity contribution in [1.82, 2.24) is 0 Å². The van der Waals surface area contributed by atoms with Crippen LogP contribution in [0.5, 0.6) is 0 Å². The first-order chi connectivity index (χ1) is 15.7. The zero-order chi connectivity index (χ0) is 23.6. The number of ether oxygens (including phenoxy) is 3. The number of fused-ring (bicyclic) bond motifs is 2. The first-order valence-corrected chi connectivity index (χ1v) is 11.2. The molecule has 0 bridgehead atoms. The number of hydrogen-bond acceptors (Lipinski definition) is 6. The minimum Gasteiger partial charge on any atom is -0.474 e. The summed E-state index contributed by atoms with van der Waals surface area (Å²) in [6.07, 6.45) is 0.191. The van der Waals surface area contributed by atoms with E-state index in [1.807, 2.05) is 69.3 Å². The van der Waals surface area contributed by atoms with Crippen LogP contribution in [0, 0.1) is 0 Å². The molecule has 0 radical (unpaired) electrons. The molecule has 0 amide bonds. The number of nitrogens with zero attached hydrogens (tertiary/aromatic N) is 1. The standard InChI is InChI=1S/C27H29NO5/c1-5-31-22(29)14-15-27(25(30)33-26(2,3)4)17-32-24(28-27)23-20-12-8-6-10-18(20)16-19-11-7-9-13-21(19)23/h6-13,16H,5,14-15,17H2,1-4H3/t27-/m0/s1. The van der Waals surface area contributed by atoms with E-state index in [-0.39, 0.29) is 32.0 Å². The molecule has 1 aliphatic rings. The highest BCUT2D eigenvalue weighted by atomic mass is 16.6. The zero-order valence-electron chi connectivity index (χ0n) is 19.5. The number of rotatable bonds is 6. The molecule has 0 saturated carbocycles. The molecule has 0 fully saturated rings. The van der Waals surface area contributed by atoms with Gasteiger partial charge < -0.3 is 14.2 Å². The summed E-state index contributed by atoms with van der Waals surface area (Å²) >= 11 is 0. The second-order valence-electron chi connectivity index (χ2n) is 9.24. The van der Waals surface area contributed by atoms with E-state index in [9.17, 15) is 9.59 Å².